The Morgan fingerprint density at radius 2 is 2.24 bits per heavy atom. The summed E-state index contributed by atoms with van der Waals surface area (Å²) in [4.78, 5) is 20.1. The minimum Gasteiger partial charge on any atom is -0.369 e. The van der Waals surface area contributed by atoms with Gasteiger partial charge < -0.3 is 5.73 Å². The number of nitrogens with zero attached hydrogens (tertiary/aromatic N) is 2. The molecule has 0 saturated carbocycles. The second-order valence-corrected chi connectivity index (χ2v) is 5.90. The minimum atomic E-state index is -0.257. The summed E-state index contributed by atoms with van der Waals surface area (Å²) >= 11 is 7.31. The highest BCUT2D eigenvalue weighted by Gasteiger charge is 2.15. The number of nitrogen functional groups attached to an aromatic ring is 1. The summed E-state index contributed by atoms with van der Waals surface area (Å²) in [6.07, 6.45) is 0. The van der Waals surface area contributed by atoms with Crippen molar-refractivity contribution in [3.8, 4) is 16.5 Å². The number of nitriles is 1. The van der Waals surface area contributed by atoms with Crippen LogP contribution in [0.2, 0.25) is 5.02 Å². The van der Waals surface area contributed by atoms with E-state index in [-0.39, 0.29) is 11.5 Å². The average Bonchev–Trinajstić information content (AvgIpc) is 2.76. The summed E-state index contributed by atoms with van der Waals surface area (Å²) in [5, 5.41) is 9.99. The van der Waals surface area contributed by atoms with E-state index in [9.17, 15) is 4.79 Å². The number of aromatic amines is 1. The van der Waals surface area contributed by atoms with Crippen molar-refractivity contribution >= 4 is 39.1 Å². The molecule has 21 heavy (non-hydrogen) atoms. The van der Waals surface area contributed by atoms with E-state index in [1.807, 2.05) is 19.1 Å². The Hall–Kier alpha value is -2.36. The van der Waals surface area contributed by atoms with Crippen molar-refractivity contribution in [1.29, 1.82) is 5.26 Å². The monoisotopic (exact) mass is 316 g/mol. The van der Waals surface area contributed by atoms with Gasteiger partial charge >= 0.3 is 0 Å². The summed E-state index contributed by atoms with van der Waals surface area (Å²) in [7, 11) is 0. The first-order chi connectivity index (χ1) is 10.0. The van der Waals surface area contributed by atoms with Crippen LogP contribution in [0.5, 0.6) is 0 Å². The summed E-state index contributed by atoms with van der Waals surface area (Å²) in [6, 6.07) is 7.24. The fraction of sp³-hybridized carbons (Fsp3) is 0.0714. The van der Waals surface area contributed by atoms with Gasteiger partial charge in [-0.15, -0.1) is 11.3 Å². The third-order valence-corrected chi connectivity index (χ3v) is 4.73. The van der Waals surface area contributed by atoms with Crippen LogP contribution in [0.15, 0.2) is 23.0 Å². The maximum absolute atomic E-state index is 12.0. The number of halogens is 1. The highest BCUT2D eigenvalue weighted by atomic mass is 35.5. The Morgan fingerprint density at radius 3 is 2.95 bits per heavy atom. The number of hydrogen-bond acceptors (Lipinski definition) is 5. The molecule has 0 spiro atoms. The predicted molar refractivity (Wildman–Crippen MR) is 84.6 cm³/mol. The molecule has 7 heteroatoms. The zero-order valence-corrected chi connectivity index (χ0v) is 12.5. The molecule has 0 fully saturated rings. The molecule has 3 rings (SSSR count). The molecule has 0 aliphatic heterocycles. The molecule has 0 aliphatic carbocycles. The number of H-pyrrole nitrogens is 1. The lowest BCUT2D eigenvalue weighted by molar-refractivity contribution is 1.19. The average molecular weight is 317 g/mol. The van der Waals surface area contributed by atoms with Gasteiger partial charge in [0, 0.05) is 4.88 Å². The van der Waals surface area contributed by atoms with Gasteiger partial charge in [0.1, 0.15) is 10.9 Å². The molecule has 0 aliphatic rings. The number of rotatable bonds is 1. The molecule has 3 N–H and O–H groups in total. The topological polar surface area (TPSA) is 95.6 Å². The first-order valence-corrected chi connectivity index (χ1v) is 7.19. The molecule has 3 aromatic rings. The van der Waals surface area contributed by atoms with Gasteiger partial charge in [-0.2, -0.15) is 5.26 Å². The van der Waals surface area contributed by atoms with E-state index in [1.54, 1.807) is 12.1 Å². The van der Waals surface area contributed by atoms with Gasteiger partial charge in [-0.3, -0.25) is 9.78 Å². The lowest BCUT2D eigenvalue weighted by Crippen LogP contribution is -2.10. The van der Waals surface area contributed by atoms with Crippen molar-refractivity contribution in [3.05, 3.63) is 44.7 Å². The predicted octanol–water partition coefficient (Wildman–Crippen LogP) is 3.07. The van der Waals surface area contributed by atoms with Crippen molar-refractivity contribution in [2.24, 2.45) is 0 Å². The standard InChI is InChI=1S/C14H9ClN4OS/c1-6-10-12(20)18-14(17)19-13(10)21-11(6)7-2-3-9(15)8(4-7)5-16/h2-4H,1H3,(H3,17,18,19,20). The second-order valence-electron chi connectivity index (χ2n) is 4.49. The Morgan fingerprint density at radius 1 is 1.48 bits per heavy atom. The molecule has 0 amide bonds. The third-order valence-electron chi connectivity index (χ3n) is 3.17. The van der Waals surface area contributed by atoms with Crippen LogP contribution in [0.25, 0.3) is 20.7 Å². The van der Waals surface area contributed by atoms with Crippen LogP contribution in [0.3, 0.4) is 0 Å². The van der Waals surface area contributed by atoms with Gasteiger partial charge in [-0.1, -0.05) is 17.7 Å². The minimum absolute atomic E-state index is 0.0918. The van der Waals surface area contributed by atoms with Gasteiger partial charge in [0.25, 0.3) is 5.56 Å². The Bertz CT molecular complexity index is 967. The van der Waals surface area contributed by atoms with E-state index >= 15 is 0 Å². The van der Waals surface area contributed by atoms with Crippen molar-refractivity contribution in [3.63, 3.8) is 0 Å². The number of anilines is 1. The Labute approximate surface area is 128 Å². The summed E-state index contributed by atoms with van der Waals surface area (Å²) in [5.41, 5.74) is 7.35. The number of nitrogens with two attached hydrogens (primary N) is 1. The first kappa shape index (κ1) is 13.6. The van der Waals surface area contributed by atoms with Gasteiger partial charge in [-0.05, 0) is 30.2 Å². The molecule has 0 atom stereocenters. The lowest BCUT2D eigenvalue weighted by atomic mass is 10.1. The number of fused-ring (bicyclic) bond motifs is 1. The van der Waals surface area contributed by atoms with Crippen LogP contribution in [-0.2, 0) is 0 Å². The summed E-state index contributed by atoms with van der Waals surface area (Å²) in [5.74, 6) is 0.0918. The number of aryl methyl sites for hydroxylation is 1. The van der Waals surface area contributed by atoms with Crippen LogP contribution in [0.4, 0.5) is 5.95 Å². The van der Waals surface area contributed by atoms with Crippen LogP contribution < -0.4 is 11.3 Å². The SMILES string of the molecule is Cc1c(-c2ccc(Cl)c(C#N)c2)sc2nc(N)[nH]c(=O)c12. The largest absolute Gasteiger partial charge is 0.369 e. The Kier molecular flexibility index (Phi) is 3.16. The van der Waals surface area contributed by atoms with E-state index in [1.165, 1.54) is 11.3 Å². The van der Waals surface area contributed by atoms with E-state index in [0.29, 0.717) is 20.8 Å². The first-order valence-electron chi connectivity index (χ1n) is 6.00. The molecular weight excluding hydrogens is 308 g/mol. The summed E-state index contributed by atoms with van der Waals surface area (Å²) in [6.45, 7) is 1.85. The maximum Gasteiger partial charge on any atom is 0.261 e. The van der Waals surface area contributed by atoms with Crippen LogP contribution in [0, 0.1) is 18.3 Å². The molecular formula is C14H9ClN4OS. The molecule has 1 aromatic carbocycles. The molecule has 2 heterocycles. The van der Waals surface area contributed by atoms with Gasteiger partial charge in [-0.25, -0.2) is 4.98 Å². The summed E-state index contributed by atoms with van der Waals surface area (Å²) < 4.78 is 0. The number of thiophene rings is 1. The molecule has 5 nitrogen and oxygen atoms in total. The molecule has 0 bridgehead atoms. The number of nitrogens with one attached hydrogen (secondary N) is 1. The molecule has 2 aromatic heterocycles. The van der Waals surface area contributed by atoms with E-state index in [4.69, 9.17) is 22.6 Å². The van der Waals surface area contributed by atoms with E-state index in [0.717, 1.165) is 16.0 Å². The number of benzene rings is 1. The molecule has 0 radical (unpaired) electrons. The van der Waals surface area contributed by atoms with Crippen molar-refractivity contribution in [2.45, 2.75) is 6.92 Å². The number of hydrogen-bond donors (Lipinski definition) is 2. The smallest absolute Gasteiger partial charge is 0.261 e. The van der Waals surface area contributed by atoms with Crippen molar-refractivity contribution in [2.75, 3.05) is 5.73 Å². The van der Waals surface area contributed by atoms with Crippen LogP contribution in [0.1, 0.15) is 11.1 Å². The molecule has 104 valence electrons. The van der Waals surface area contributed by atoms with E-state index < -0.39 is 0 Å². The quantitative estimate of drug-likeness (QED) is 0.721. The zero-order chi connectivity index (χ0) is 15.1. The van der Waals surface area contributed by atoms with Gasteiger partial charge in [0.2, 0.25) is 5.95 Å². The second kappa shape index (κ2) is 4.88. The number of aromatic nitrogens is 2. The third kappa shape index (κ3) is 2.17. The fourth-order valence-electron chi connectivity index (χ4n) is 2.19. The normalized spacial score (nSPS) is 10.7. The van der Waals surface area contributed by atoms with Crippen LogP contribution in [-0.4, -0.2) is 9.97 Å². The van der Waals surface area contributed by atoms with Gasteiger partial charge in [0.05, 0.1) is 16.0 Å². The molecule has 0 saturated heterocycles. The lowest BCUT2D eigenvalue weighted by Gasteiger charge is -2.01. The Balaban J connectivity index is 2.32. The van der Waals surface area contributed by atoms with E-state index in [2.05, 4.69) is 9.97 Å². The highest BCUT2D eigenvalue weighted by molar-refractivity contribution is 7.22. The van der Waals surface area contributed by atoms with Crippen LogP contribution >= 0.6 is 22.9 Å². The fourth-order valence-corrected chi connectivity index (χ4v) is 3.53. The zero-order valence-electron chi connectivity index (χ0n) is 10.9. The van der Waals surface area contributed by atoms with Crippen molar-refractivity contribution in [1.82, 2.24) is 9.97 Å². The highest BCUT2D eigenvalue weighted by Crippen LogP contribution is 2.36. The van der Waals surface area contributed by atoms with Crippen molar-refractivity contribution < 1.29 is 0 Å². The maximum atomic E-state index is 12.0. The molecule has 0 unspecified atom stereocenters. The van der Waals surface area contributed by atoms with Gasteiger partial charge in [0.15, 0.2) is 0 Å².